The summed E-state index contributed by atoms with van der Waals surface area (Å²) in [6.07, 6.45) is 3.41. The number of aliphatic carboxylic acids is 1. The van der Waals surface area contributed by atoms with Gasteiger partial charge < -0.3 is 24.2 Å². The molecular weight excluding hydrogens is 396 g/mol. The highest BCUT2D eigenvalue weighted by Gasteiger charge is 2.22. The van der Waals surface area contributed by atoms with E-state index in [1.165, 1.54) is 6.26 Å². The number of carboxylic acid groups (broad SMARTS) is 1. The Kier molecular flexibility index (Phi) is 5.34. The van der Waals surface area contributed by atoms with Gasteiger partial charge in [-0.15, -0.1) is 10.2 Å². The highest BCUT2D eigenvalue weighted by Crippen LogP contribution is 2.23. The lowest BCUT2D eigenvalue weighted by atomic mass is 10.1. The molecule has 9 nitrogen and oxygen atoms in total. The van der Waals surface area contributed by atoms with Gasteiger partial charge in [0.1, 0.15) is 6.04 Å². The van der Waals surface area contributed by atoms with Crippen LogP contribution in [-0.2, 0) is 16.0 Å². The van der Waals surface area contributed by atoms with Gasteiger partial charge in [0.25, 0.3) is 11.1 Å². The minimum Gasteiger partial charge on any atom is -0.480 e. The first-order valence-electron chi connectivity index (χ1n) is 8.67. The number of hydrogen-bond donors (Lipinski definition) is 3. The van der Waals surface area contributed by atoms with Crippen LogP contribution in [0.1, 0.15) is 5.56 Å². The summed E-state index contributed by atoms with van der Waals surface area (Å²) in [6.45, 7) is 0. The molecule has 0 fully saturated rings. The second-order valence-corrected chi connectivity index (χ2v) is 7.09. The molecule has 0 saturated heterocycles. The normalized spacial score (nSPS) is 12.1. The molecule has 4 aromatic rings. The third-order valence-corrected chi connectivity index (χ3v) is 5.02. The van der Waals surface area contributed by atoms with Crippen molar-refractivity contribution in [2.75, 3.05) is 5.75 Å². The third kappa shape index (κ3) is 4.32. The van der Waals surface area contributed by atoms with Crippen LogP contribution in [0.5, 0.6) is 0 Å². The number of carbonyl (C=O) groups is 2. The lowest BCUT2D eigenvalue weighted by Crippen LogP contribution is -2.43. The summed E-state index contributed by atoms with van der Waals surface area (Å²) in [7, 11) is 0. The van der Waals surface area contributed by atoms with Crippen molar-refractivity contribution >= 4 is 34.5 Å². The Morgan fingerprint density at radius 2 is 2.07 bits per heavy atom. The fourth-order valence-electron chi connectivity index (χ4n) is 2.85. The molecule has 0 aliphatic carbocycles. The first kappa shape index (κ1) is 18.8. The molecule has 3 heterocycles. The van der Waals surface area contributed by atoms with Gasteiger partial charge in [-0.1, -0.05) is 30.0 Å². The Balaban J connectivity index is 1.36. The van der Waals surface area contributed by atoms with Gasteiger partial charge in [-0.3, -0.25) is 4.79 Å². The minimum absolute atomic E-state index is 0.0581. The number of amides is 1. The van der Waals surface area contributed by atoms with Gasteiger partial charge in [-0.2, -0.15) is 0 Å². The monoisotopic (exact) mass is 412 g/mol. The van der Waals surface area contributed by atoms with Gasteiger partial charge in [0.05, 0.1) is 12.0 Å². The maximum absolute atomic E-state index is 12.2. The van der Waals surface area contributed by atoms with E-state index in [1.54, 1.807) is 18.3 Å². The number of carboxylic acids is 1. The quantitative estimate of drug-likeness (QED) is 0.376. The molecule has 0 unspecified atom stereocenters. The molecule has 1 atom stereocenters. The number of thioether (sulfide) groups is 1. The second-order valence-electron chi connectivity index (χ2n) is 6.16. The van der Waals surface area contributed by atoms with Crippen LogP contribution in [0.25, 0.3) is 22.6 Å². The van der Waals surface area contributed by atoms with Gasteiger partial charge in [-0.05, 0) is 23.8 Å². The summed E-state index contributed by atoms with van der Waals surface area (Å²) < 4.78 is 10.6. The van der Waals surface area contributed by atoms with Gasteiger partial charge >= 0.3 is 5.97 Å². The topological polar surface area (TPSA) is 134 Å². The van der Waals surface area contributed by atoms with Crippen molar-refractivity contribution in [3.8, 4) is 11.7 Å². The first-order valence-corrected chi connectivity index (χ1v) is 9.66. The van der Waals surface area contributed by atoms with E-state index in [-0.39, 0.29) is 23.3 Å². The highest BCUT2D eigenvalue weighted by molar-refractivity contribution is 7.99. The molecule has 0 bridgehead atoms. The van der Waals surface area contributed by atoms with Gasteiger partial charge in [0, 0.05) is 23.5 Å². The zero-order valence-electron chi connectivity index (χ0n) is 15.0. The first-order chi connectivity index (χ1) is 14.1. The van der Waals surface area contributed by atoms with Crippen molar-refractivity contribution in [3.63, 3.8) is 0 Å². The van der Waals surface area contributed by atoms with Crippen LogP contribution in [0.4, 0.5) is 0 Å². The Hall–Kier alpha value is -3.53. The van der Waals surface area contributed by atoms with E-state index in [0.717, 1.165) is 28.2 Å². The van der Waals surface area contributed by atoms with E-state index in [1.807, 2.05) is 24.3 Å². The number of carbonyl (C=O) groups excluding carboxylic acids is 1. The number of furan rings is 1. The Bertz CT molecular complexity index is 1130. The van der Waals surface area contributed by atoms with Crippen molar-refractivity contribution in [2.24, 2.45) is 0 Å². The molecule has 4 rings (SSSR count). The van der Waals surface area contributed by atoms with Gasteiger partial charge in [-0.25, -0.2) is 4.79 Å². The molecule has 29 heavy (non-hydrogen) atoms. The number of H-pyrrole nitrogens is 1. The summed E-state index contributed by atoms with van der Waals surface area (Å²) in [4.78, 5) is 27.0. The van der Waals surface area contributed by atoms with E-state index in [2.05, 4.69) is 20.5 Å². The number of nitrogens with one attached hydrogen (secondary N) is 2. The van der Waals surface area contributed by atoms with Crippen molar-refractivity contribution in [2.45, 2.75) is 17.7 Å². The summed E-state index contributed by atoms with van der Waals surface area (Å²) in [5, 5.41) is 20.8. The van der Waals surface area contributed by atoms with Crippen LogP contribution in [-0.4, -0.2) is 44.0 Å². The van der Waals surface area contributed by atoms with Crippen molar-refractivity contribution < 1.29 is 23.5 Å². The van der Waals surface area contributed by atoms with Gasteiger partial charge in [0.2, 0.25) is 5.91 Å². The molecular formula is C19H16N4O5S. The maximum Gasteiger partial charge on any atom is 0.326 e. The average Bonchev–Trinajstić information content (AvgIpc) is 3.46. The largest absolute Gasteiger partial charge is 0.480 e. The molecule has 0 aliphatic rings. The fraction of sp³-hybridized carbons (Fsp3) is 0.158. The molecule has 1 amide bonds. The number of para-hydroxylation sites is 1. The number of nitrogens with zero attached hydrogens (tertiary/aromatic N) is 2. The molecule has 0 aliphatic heterocycles. The zero-order valence-corrected chi connectivity index (χ0v) is 15.8. The molecule has 3 aromatic heterocycles. The fourth-order valence-corrected chi connectivity index (χ4v) is 3.43. The average molecular weight is 412 g/mol. The Morgan fingerprint density at radius 3 is 2.86 bits per heavy atom. The van der Waals surface area contributed by atoms with Crippen molar-refractivity contribution in [1.29, 1.82) is 0 Å². The molecule has 148 valence electrons. The molecule has 3 N–H and O–H groups in total. The number of aromatic amines is 1. The smallest absolute Gasteiger partial charge is 0.326 e. The van der Waals surface area contributed by atoms with Crippen LogP contribution in [0, 0.1) is 0 Å². The number of hydrogen-bond acceptors (Lipinski definition) is 7. The van der Waals surface area contributed by atoms with E-state index >= 15 is 0 Å². The highest BCUT2D eigenvalue weighted by atomic mass is 32.2. The van der Waals surface area contributed by atoms with Crippen LogP contribution >= 0.6 is 11.8 Å². The number of benzene rings is 1. The van der Waals surface area contributed by atoms with Crippen molar-refractivity contribution in [3.05, 3.63) is 54.4 Å². The van der Waals surface area contributed by atoms with E-state index in [4.69, 9.17) is 8.83 Å². The maximum atomic E-state index is 12.2. The van der Waals surface area contributed by atoms with Crippen LogP contribution in [0.3, 0.4) is 0 Å². The lowest BCUT2D eigenvalue weighted by Gasteiger charge is -2.13. The van der Waals surface area contributed by atoms with Crippen LogP contribution in [0.15, 0.2) is 62.9 Å². The molecule has 0 spiro atoms. The van der Waals surface area contributed by atoms with Crippen LogP contribution < -0.4 is 5.32 Å². The van der Waals surface area contributed by atoms with Crippen LogP contribution in [0.2, 0.25) is 0 Å². The Labute approximate surface area is 168 Å². The standard InChI is InChI=1S/C19H16N4O5S/c24-16(10-29-19-23-22-17(28-19)15-6-3-7-27-15)21-14(18(25)26)8-11-9-20-13-5-2-1-4-12(11)13/h1-7,9,14,20H,8,10H2,(H,21,24)(H,25,26)/t14-/m1/s1. The molecule has 0 saturated carbocycles. The summed E-state index contributed by atoms with van der Waals surface area (Å²) in [5.41, 5.74) is 1.73. The summed E-state index contributed by atoms with van der Waals surface area (Å²) in [5.74, 6) is -0.970. The third-order valence-electron chi connectivity index (χ3n) is 4.20. The number of rotatable bonds is 8. The van der Waals surface area contributed by atoms with Crippen molar-refractivity contribution in [1.82, 2.24) is 20.5 Å². The van der Waals surface area contributed by atoms with E-state index in [9.17, 15) is 14.7 Å². The molecule has 0 radical (unpaired) electrons. The molecule has 10 heteroatoms. The Morgan fingerprint density at radius 1 is 1.21 bits per heavy atom. The lowest BCUT2D eigenvalue weighted by molar-refractivity contribution is -0.141. The SMILES string of the molecule is O=C(CSc1nnc(-c2ccco2)o1)N[C@H](Cc1c[nH]c2ccccc12)C(=O)O. The van der Waals surface area contributed by atoms with Gasteiger partial charge in [0.15, 0.2) is 5.76 Å². The van der Waals surface area contributed by atoms with E-state index < -0.39 is 17.9 Å². The number of aromatic nitrogens is 3. The summed E-state index contributed by atoms with van der Waals surface area (Å²) >= 11 is 1.02. The number of fused-ring (bicyclic) bond motifs is 1. The predicted molar refractivity (Wildman–Crippen MR) is 104 cm³/mol. The second kappa shape index (κ2) is 8.23. The minimum atomic E-state index is -1.11. The zero-order chi connectivity index (χ0) is 20.2. The summed E-state index contributed by atoms with van der Waals surface area (Å²) in [6, 6.07) is 9.91. The predicted octanol–water partition coefficient (Wildman–Crippen LogP) is 2.72. The molecule has 1 aromatic carbocycles. The van der Waals surface area contributed by atoms with E-state index in [0.29, 0.717) is 5.76 Å².